The van der Waals surface area contributed by atoms with Gasteiger partial charge < -0.3 is 5.11 Å². The summed E-state index contributed by atoms with van der Waals surface area (Å²) in [6.07, 6.45) is 7.09. The van der Waals surface area contributed by atoms with Gasteiger partial charge in [0.05, 0.1) is 11.9 Å². The Balaban J connectivity index is 2.21. The second-order valence-electron chi connectivity index (χ2n) is 6.47. The number of aromatic nitrogens is 6. The molecule has 1 N–H and O–H groups in total. The molecule has 0 aliphatic heterocycles. The summed E-state index contributed by atoms with van der Waals surface area (Å²) in [5.74, 6) is 0.481. The van der Waals surface area contributed by atoms with E-state index in [1.165, 1.54) is 0 Å². The zero-order valence-electron chi connectivity index (χ0n) is 14.6. The second-order valence-corrected chi connectivity index (χ2v) is 6.47. The highest BCUT2D eigenvalue weighted by molar-refractivity contribution is 5.65. The van der Waals surface area contributed by atoms with E-state index >= 15 is 0 Å². The number of rotatable bonds is 4. The van der Waals surface area contributed by atoms with E-state index in [1.54, 1.807) is 23.3 Å². The van der Waals surface area contributed by atoms with Gasteiger partial charge in [-0.3, -0.25) is 9.25 Å². The molecule has 0 radical (unpaired) electrons. The van der Waals surface area contributed by atoms with E-state index < -0.39 is 0 Å². The van der Waals surface area contributed by atoms with Gasteiger partial charge in [-0.25, -0.2) is 9.97 Å². The maximum absolute atomic E-state index is 10.5. The summed E-state index contributed by atoms with van der Waals surface area (Å²) in [5.41, 5.74) is 3.19. The third-order valence-corrected chi connectivity index (χ3v) is 3.93. The lowest BCUT2D eigenvalue weighted by molar-refractivity contribution is 0.440. The van der Waals surface area contributed by atoms with Crippen LogP contribution < -0.4 is 0 Å². The van der Waals surface area contributed by atoms with Crippen LogP contribution in [0.4, 0.5) is 0 Å². The molecule has 0 fully saturated rings. The van der Waals surface area contributed by atoms with E-state index in [0.29, 0.717) is 11.6 Å². The molecule has 126 valence electrons. The van der Waals surface area contributed by atoms with E-state index in [9.17, 15) is 5.11 Å². The third-order valence-electron chi connectivity index (χ3n) is 3.93. The molecule has 0 unspecified atom stereocenters. The van der Waals surface area contributed by atoms with Crippen LogP contribution in [-0.4, -0.2) is 34.4 Å². The minimum atomic E-state index is -0.00426. The lowest BCUT2D eigenvalue weighted by Gasteiger charge is -2.14. The van der Waals surface area contributed by atoms with Gasteiger partial charge in [0, 0.05) is 35.3 Å². The molecular formula is C17H22N6O. The summed E-state index contributed by atoms with van der Waals surface area (Å²) >= 11 is 0. The number of nitrogens with zero attached hydrogens (tertiary/aromatic N) is 6. The fourth-order valence-corrected chi connectivity index (χ4v) is 2.62. The lowest BCUT2D eigenvalue weighted by Crippen LogP contribution is -2.07. The van der Waals surface area contributed by atoms with Gasteiger partial charge in [-0.1, -0.05) is 13.8 Å². The van der Waals surface area contributed by atoms with Crippen LogP contribution in [0, 0.1) is 6.92 Å². The van der Waals surface area contributed by atoms with Crippen LogP contribution in [0.2, 0.25) is 0 Å². The Labute approximate surface area is 141 Å². The van der Waals surface area contributed by atoms with Gasteiger partial charge >= 0.3 is 0 Å². The summed E-state index contributed by atoms with van der Waals surface area (Å²) in [7, 11) is 0. The van der Waals surface area contributed by atoms with Crippen LogP contribution in [0.15, 0.2) is 24.9 Å². The van der Waals surface area contributed by atoms with Crippen molar-refractivity contribution in [2.45, 2.75) is 46.6 Å². The van der Waals surface area contributed by atoms with Crippen molar-refractivity contribution >= 4 is 0 Å². The molecule has 0 saturated heterocycles. The van der Waals surface area contributed by atoms with Gasteiger partial charge in [0.1, 0.15) is 6.33 Å². The van der Waals surface area contributed by atoms with Crippen LogP contribution in [-0.2, 0) is 0 Å². The molecule has 3 rings (SSSR count). The topological polar surface area (TPSA) is 81.6 Å². The zero-order valence-corrected chi connectivity index (χ0v) is 14.6. The van der Waals surface area contributed by atoms with Crippen molar-refractivity contribution in [1.82, 2.24) is 29.3 Å². The monoisotopic (exact) mass is 326 g/mol. The smallest absolute Gasteiger partial charge is 0.239 e. The van der Waals surface area contributed by atoms with Gasteiger partial charge in [0.2, 0.25) is 11.8 Å². The molecule has 0 amide bonds. The van der Waals surface area contributed by atoms with E-state index in [0.717, 1.165) is 16.8 Å². The Morgan fingerprint density at radius 3 is 2.38 bits per heavy atom. The predicted molar refractivity (Wildman–Crippen MR) is 91.3 cm³/mol. The third kappa shape index (κ3) is 2.77. The average molecular weight is 326 g/mol. The zero-order chi connectivity index (χ0) is 17.4. The van der Waals surface area contributed by atoms with Gasteiger partial charge in [0.25, 0.3) is 0 Å². The first-order valence-electron chi connectivity index (χ1n) is 8.03. The van der Waals surface area contributed by atoms with Crippen molar-refractivity contribution in [3.8, 4) is 23.1 Å². The van der Waals surface area contributed by atoms with Crippen molar-refractivity contribution in [2.75, 3.05) is 0 Å². The fraction of sp³-hybridized carbons (Fsp3) is 0.412. The molecule has 24 heavy (non-hydrogen) atoms. The normalized spacial score (nSPS) is 11.6. The van der Waals surface area contributed by atoms with Gasteiger partial charge in [0.15, 0.2) is 0 Å². The first kappa shape index (κ1) is 16.2. The number of hydrogen-bond acceptors (Lipinski definition) is 5. The molecule has 0 saturated carbocycles. The van der Waals surface area contributed by atoms with Crippen molar-refractivity contribution in [1.29, 1.82) is 0 Å². The molecule has 0 spiro atoms. The molecule has 0 atom stereocenters. The quantitative estimate of drug-likeness (QED) is 0.796. The molecular weight excluding hydrogens is 304 g/mol. The van der Waals surface area contributed by atoms with Crippen LogP contribution in [0.25, 0.3) is 17.2 Å². The highest BCUT2D eigenvalue weighted by Crippen LogP contribution is 2.34. The number of aromatic hydroxyl groups is 1. The largest absolute Gasteiger partial charge is 0.493 e. The number of hydrogen-bond donors (Lipinski definition) is 1. The van der Waals surface area contributed by atoms with Gasteiger partial charge in [-0.2, -0.15) is 10.1 Å². The maximum Gasteiger partial charge on any atom is 0.239 e. The Hall–Kier alpha value is -2.70. The molecule has 7 nitrogen and oxygen atoms in total. The second kappa shape index (κ2) is 6.07. The Bertz CT molecular complexity index is 862. The number of imidazole rings is 1. The minimum Gasteiger partial charge on any atom is -0.493 e. The summed E-state index contributed by atoms with van der Waals surface area (Å²) < 4.78 is 3.63. The molecule has 7 heteroatoms. The first-order valence-corrected chi connectivity index (χ1v) is 8.03. The molecule has 0 aromatic carbocycles. The molecule has 0 aliphatic carbocycles. The summed E-state index contributed by atoms with van der Waals surface area (Å²) in [6.45, 7) is 10.1. The van der Waals surface area contributed by atoms with Crippen LogP contribution >= 0.6 is 0 Å². The summed E-state index contributed by atoms with van der Waals surface area (Å²) in [6, 6.07) is 0.257. The summed E-state index contributed by atoms with van der Waals surface area (Å²) in [5, 5.41) is 14.9. The molecule has 0 aliphatic rings. The highest BCUT2D eigenvalue weighted by atomic mass is 16.3. The lowest BCUT2D eigenvalue weighted by atomic mass is 9.99. The molecule has 3 heterocycles. The molecule has 0 bridgehead atoms. The van der Waals surface area contributed by atoms with Crippen LogP contribution in [0.5, 0.6) is 5.88 Å². The van der Waals surface area contributed by atoms with E-state index in [2.05, 4.69) is 28.9 Å². The Morgan fingerprint density at radius 1 is 1.08 bits per heavy atom. The minimum absolute atomic E-state index is 0.00426. The number of aryl methyl sites for hydroxylation is 1. The SMILES string of the molecule is Cc1cncn1-c1nc(O)c(C(C)C)c(-c2cnn(C(C)C)c2)n1. The van der Waals surface area contributed by atoms with Crippen LogP contribution in [0.3, 0.4) is 0 Å². The van der Waals surface area contributed by atoms with Crippen molar-refractivity contribution in [2.24, 2.45) is 0 Å². The van der Waals surface area contributed by atoms with Crippen LogP contribution in [0.1, 0.15) is 50.9 Å². The van der Waals surface area contributed by atoms with Crippen molar-refractivity contribution in [3.63, 3.8) is 0 Å². The average Bonchev–Trinajstić information content (AvgIpc) is 3.14. The van der Waals surface area contributed by atoms with Gasteiger partial charge in [-0.05, 0) is 26.7 Å². The van der Waals surface area contributed by atoms with Gasteiger partial charge in [-0.15, -0.1) is 0 Å². The Kier molecular flexibility index (Phi) is 4.09. The maximum atomic E-state index is 10.5. The van der Waals surface area contributed by atoms with Crippen molar-refractivity contribution < 1.29 is 5.11 Å². The fourth-order valence-electron chi connectivity index (χ4n) is 2.62. The first-order chi connectivity index (χ1) is 11.4. The van der Waals surface area contributed by atoms with Crippen molar-refractivity contribution in [3.05, 3.63) is 36.2 Å². The summed E-state index contributed by atoms with van der Waals surface area (Å²) in [4.78, 5) is 13.1. The van der Waals surface area contributed by atoms with E-state index in [4.69, 9.17) is 4.98 Å². The standard InChI is InChI=1S/C17H22N6O/c1-10(2)14-15(13-7-19-23(8-13)11(3)4)20-17(21-16(14)24)22-9-18-6-12(22)5/h6-11H,1-5H3,(H,20,21,24). The molecule has 3 aromatic heterocycles. The predicted octanol–water partition coefficient (Wildman–Crippen LogP) is 3.24. The molecule has 3 aromatic rings. The Morgan fingerprint density at radius 2 is 1.83 bits per heavy atom. The highest BCUT2D eigenvalue weighted by Gasteiger charge is 2.20. The van der Waals surface area contributed by atoms with E-state index in [1.807, 2.05) is 31.6 Å². The van der Waals surface area contributed by atoms with E-state index in [-0.39, 0.29) is 17.8 Å².